The van der Waals surface area contributed by atoms with Gasteiger partial charge in [-0.3, -0.25) is 0 Å². The van der Waals surface area contributed by atoms with E-state index in [9.17, 15) is 0 Å². The van der Waals surface area contributed by atoms with Crippen LogP contribution in [0.3, 0.4) is 0 Å². The van der Waals surface area contributed by atoms with E-state index in [1.54, 1.807) is 13.8 Å². The van der Waals surface area contributed by atoms with E-state index in [1.807, 2.05) is 6.07 Å². The molecule has 0 unspecified atom stereocenters. The van der Waals surface area contributed by atoms with Gasteiger partial charge in [-0.15, -0.1) is 5.92 Å². The lowest BCUT2D eigenvalue weighted by molar-refractivity contribution is 1.50. The van der Waals surface area contributed by atoms with Gasteiger partial charge in [0.15, 0.2) is 0 Å². The maximum atomic E-state index is 8.07. The number of allylic oxidation sites excluding steroid dienone is 2. The van der Waals surface area contributed by atoms with Gasteiger partial charge in [0.25, 0.3) is 0 Å². The Hall–Kier alpha value is -1.21. The molecular formula is C7H7N. The normalized spacial score (nSPS) is 8.88. The smallest absolute Gasteiger partial charge is 0.0921 e. The van der Waals surface area contributed by atoms with E-state index < -0.39 is 0 Å². The second kappa shape index (κ2) is 3.96. The highest BCUT2D eigenvalue weighted by atomic mass is 14.2. The van der Waals surface area contributed by atoms with E-state index in [-0.39, 0.29) is 0 Å². The zero-order valence-corrected chi connectivity index (χ0v) is 5.02. The van der Waals surface area contributed by atoms with Crippen LogP contribution in [0.1, 0.15) is 13.8 Å². The third-order valence-corrected chi connectivity index (χ3v) is 0.603. The fourth-order valence-electron chi connectivity index (χ4n) is 0.330. The van der Waals surface area contributed by atoms with Crippen molar-refractivity contribution in [1.29, 1.82) is 5.26 Å². The molecule has 0 atom stereocenters. The van der Waals surface area contributed by atoms with Crippen LogP contribution in [0, 0.1) is 23.2 Å². The van der Waals surface area contributed by atoms with Crippen LogP contribution >= 0.6 is 0 Å². The Morgan fingerprint density at radius 2 is 2.25 bits per heavy atom. The van der Waals surface area contributed by atoms with E-state index in [2.05, 4.69) is 11.8 Å². The fourth-order valence-corrected chi connectivity index (χ4v) is 0.330. The molecule has 0 heterocycles. The molecule has 1 heteroatoms. The largest absolute Gasteiger partial charge is 0.193 e. The number of hydrogen-bond donors (Lipinski definition) is 0. The molecule has 0 aliphatic carbocycles. The van der Waals surface area contributed by atoms with Crippen LogP contribution in [0.15, 0.2) is 11.6 Å². The summed E-state index contributed by atoms with van der Waals surface area (Å²) in [6.45, 7) is 3.55. The highest BCUT2D eigenvalue weighted by Gasteiger charge is 1.73. The van der Waals surface area contributed by atoms with Crippen molar-refractivity contribution in [1.82, 2.24) is 0 Å². The van der Waals surface area contributed by atoms with Gasteiger partial charge in [0.1, 0.15) is 0 Å². The molecule has 8 heavy (non-hydrogen) atoms. The maximum Gasteiger partial charge on any atom is 0.0921 e. The average molecular weight is 105 g/mol. The molecule has 0 fully saturated rings. The molecule has 0 aliphatic heterocycles. The summed E-state index contributed by atoms with van der Waals surface area (Å²) in [7, 11) is 0. The molecule has 0 aromatic rings. The molecule has 0 saturated carbocycles. The van der Waals surface area contributed by atoms with Gasteiger partial charge >= 0.3 is 0 Å². The van der Waals surface area contributed by atoms with Crippen molar-refractivity contribution in [2.75, 3.05) is 0 Å². The first-order valence-electron chi connectivity index (χ1n) is 2.30. The van der Waals surface area contributed by atoms with E-state index in [1.165, 1.54) is 6.08 Å². The van der Waals surface area contributed by atoms with Crippen LogP contribution < -0.4 is 0 Å². The van der Waals surface area contributed by atoms with Crippen molar-refractivity contribution in [2.45, 2.75) is 13.8 Å². The Bertz CT molecular complexity index is 183. The Kier molecular flexibility index (Phi) is 3.36. The lowest BCUT2D eigenvalue weighted by atomic mass is 10.3. The van der Waals surface area contributed by atoms with Gasteiger partial charge in [-0.1, -0.05) is 5.92 Å². The minimum absolute atomic E-state index is 0.815. The zero-order valence-electron chi connectivity index (χ0n) is 5.02. The molecule has 0 aromatic carbocycles. The summed E-state index contributed by atoms with van der Waals surface area (Å²) in [6, 6.07) is 1.89. The van der Waals surface area contributed by atoms with Gasteiger partial charge in [-0.05, 0) is 13.8 Å². The maximum absolute atomic E-state index is 8.07. The number of hydrogen-bond acceptors (Lipinski definition) is 1. The second-order valence-electron chi connectivity index (χ2n) is 1.33. The van der Waals surface area contributed by atoms with Crippen molar-refractivity contribution < 1.29 is 0 Å². The fraction of sp³-hybridized carbons (Fsp3) is 0.286. The summed E-state index contributed by atoms with van der Waals surface area (Å²) in [5.41, 5.74) is 0.815. The van der Waals surface area contributed by atoms with E-state index in [0.29, 0.717) is 0 Å². The first-order valence-corrected chi connectivity index (χ1v) is 2.30. The van der Waals surface area contributed by atoms with Crippen LogP contribution in [-0.4, -0.2) is 0 Å². The molecule has 0 N–H and O–H groups in total. The van der Waals surface area contributed by atoms with Gasteiger partial charge in [-0.2, -0.15) is 5.26 Å². The topological polar surface area (TPSA) is 23.8 Å². The Morgan fingerprint density at radius 3 is 2.62 bits per heavy atom. The average Bonchev–Trinajstić information content (AvgIpc) is 1.68. The van der Waals surface area contributed by atoms with Crippen molar-refractivity contribution in [3.8, 4) is 17.9 Å². The van der Waals surface area contributed by atoms with E-state index in [4.69, 9.17) is 5.26 Å². The van der Waals surface area contributed by atoms with Gasteiger partial charge in [0.05, 0.1) is 6.07 Å². The monoisotopic (exact) mass is 105 g/mol. The molecule has 0 radical (unpaired) electrons. The summed E-state index contributed by atoms with van der Waals surface area (Å²) in [4.78, 5) is 0. The van der Waals surface area contributed by atoms with Crippen LogP contribution in [0.25, 0.3) is 0 Å². The van der Waals surface area contributed by atoms with Crippen LogP contribution in [-0.2, 0) is 0 Å². The highest BCUT2D eigenvalue weighted by Crippen LogP contribution is 1.84. The summed E-state index contributed by atoms with van der Waals surface area (Å²) in [5.74, 6) is 5.42. The van der Waals surface area contributed by atoms with E-state index in [0.717, 1.165) is 5.57 Å². The summed E-state index contributed by atoms with van der Waals surface area (Å²) in [5, 5.41) is 8.07. The molecule has 0 saturated heterocycles. The van der Waals surface area contributed by atoms with Crippen LogP contribution in [0.4, 0.5) is 0 Å². The minimum Gasteiger partial charge on any atom is -0.193 e. The first-order chi connectivity index (χ1) is 3.81. The lowest BCUT2D eigenvalue weighted by Crippen LogP contribution is -1.63. The summed E-state index contributed by atoms with van der Waals surface area (Å²) >= 11 is 0. The van der Waals surface area contributed by atoms with Gasteiger partial charge in [0.2, 0.25) is 0 Å². The third-order valence-electron chi connectivity index (χ3n) is 0.603. The van der Waals surface area contributed by atoms with E-state index >= 15 is 0 Å². The van der Waals surface area contributed by atoms with Crippen molar-refractivity contribution in [2.24, 2.45) is 0 Å². The van der Waals surface area contributed by atoms with Crippen molar-refractivity contribution in [3.63, 3.8) is 0 Å². The van der Waals surface area contributed by atoms with Crippen molar-refractivity contribution >= 4 is 0 Å². The van der Waals surface area contributed by atoms with Crippen molar-refractivity contribution in [3.05, 3.63) is 11.6 Å². The molecule has 0 amide bonds. The molecule has 0 spiro atoms. The summed E-state index contributed by atoms with van der Waals surface area (Å²) in [6.07, 6.45) is 1.43. The van der Waals surface area contributed by atoms with Gasteiger partial charge in [0, 0.05) is 11.6 Å². The Balaban J connectivity index is 3.99. The predicted molar refractivity (Wildman–Crippen MR) is 32.8 cm³/mol. The SMILES string of the molecule is CC#CC(C)=CC#N. The molecule has 1 nitrogen and oxygen atoms in total. The molecule has 0 rings (SSSR count). The number of nitriles is 1. The molecular weight excluding hydrogens is 98.1 g/mol. The lowest BCUT2D eigenvalue weighted by Gasteiger charge is -1.74. The Labute approximate surface area is 49.6 Å². The zero-order chi connectivity index (χ0) is 6.41. The third kappa shape index (κ3) is 3.00. The van der Waals surface area contributed by atoms with Crippen LogP contribution in [0.5, 0.6) is 0 Å². The highest BCUT2D eigenvalue weighted by molar-refractivity contribution is 5.29. The molecule has 0 aromatic heterocycles. The molecule has 40 valence electrons. The number of nitrogens with zero attached hydrogens (tertiary/aromatic N) is 1. The van der Waals surface area contributed by atoms with Gasteiger partial charge in [-0.25, -0.2) is 0 Å². The quantitative estimate of drug-likeness (QED) is 0.338. The van der Waals surface area contributed by atoms with Gasteiger partial charge < -0.3 is 0 Å². The second-order valence-corrected chi connectivity index (χ2v) is 1.33. The summed E-state index contributed by atoms with van der Waals surface area (Å²) < 4.78 is 0. The first kappa shape index (κ1) is 6.79. The minimum atomic E-state index is 0.815. The standard InChI is InChI=1S/C7H7N/c1-3-4-7(2)5-6-8/h5H,1-2H3. The molecule has 0 aliphatic rings. The molecule has 0 bridgehead atoms. The Morgan fingerprint density at radius 1 is 1.62 bits per heavy atom. The number of rotatable bonds is 0. The van der Waals surface area contributed by atoms with Crippen LogP contribution in [0.2, 0.25) is 0 Å². The predicted octanol–water partition coefficient (Wildman–Crippen LogP) is 1.48.